The Morgan fingerprint density at radius 3 is 2.24 bits per heavy atom. The van der Waals surface area contributed by atoms with Crippen molar-refractivity contribution < 1.29 is 9.47 Å². The van der Waals surface area contributed by atoms with Crippen LogP contribution in [0.3, 0.4) is 0 Å². The SMILES string of the molecule is CCOc1cc2c(cc1OCC)CNCC2.Cl. The lowest BCUT2D eigenvalue weighted by atomic mass is 10.0. The van der Waals surface area contributed by atoms with Crippen LogP contribution in [0.4, 0.5) is 0 Å². The quantitative estimate of drug-likeness (QED) is 0.899. The Morgan fingerprint density at radius 2 is 1.65 bits per heavy atom. The number of ether oxygens (including phenoxy) is 2. The predicted molar refractivity (Wildman–Crippen MR) is 71.4 cm³/mol. The normalized spacial score (nSPS) is 13.5. The van der Waals surface area contributed by atoms with Crippen LogP contribution in [0.25, 0.3) is 0 Å². The summed E-state index contributed by atoms with van der Waals surface area (Å²) in [5.41, 5.74) is 2.71. The molecule has 0 radical (unpaired) electrons. The Balaban J connectivity index is 0.00000144. The molecule has 1 aromatic carbocycles. The molecular weight excluding hydrogens is 238 g/mol. The number of fused-ring (bicyclic) bond motifs is 1. The summed E-state index contributed by atoms with van der Waals surface area (Å²) in [5.74, 6) is 1.75. The Hall–Kier alpha value is -0.930. The van der Waals surface area contributed by atoms with Gasteiger partial charge in [-0.05, 0) is 50.1 Å². The van der Waals surface area contributed by atoms with Crippen molar-refractivity contribution >= 4 is 12.4 Å². The highest BCUT2D eigenvalue weighted by Crippen LogP contribution is 2.32. The molecule has 0 saturated carbocycles. The second-order valence-corrected chi connectivity index (χ2v) is 3.86. The van der Waals surface area contributed by atoms with Gasteiger partial charge in [0.25, 0.3) is 0 Å². The van der Waals surface area contributed by atoms with Gasteiger partial charge in [-0.1, -0.05) is 0 Å². The summed E-state index contributed by atoms with van der Waals surface area (Å²) in [7, 11) is 0. The third-order valence-corrected chi connectivity index (χ3v) is 2.75. The van der Waals surface area contributed by atoms with E-state index in [1.807, 2.05) is 13.8 Å². The largest absolute Gasteiger partial charge is 0.490 e. The minimum atomic E-state index is 0. The molecule has 0 unspecified atom stereocenters. The average Bonchev–Trinajstić information content (AvgIpc) is 2.30. The summed E-state index contributed by atoms with van der Waals surface area (Å²) in [5, 5.41) is 3.37. The zero-order chi connectivity index (χ0) is 11.4. The first kappa shape index (κ1) is 14.1. The van der Waals surface area contributed by atoms with Gasteiger partial charge >= 0.3 is 0 Å². The van der Waals surface area contributed by atoms with Crippen molar-refractivity contribution in [2.75, 3.05) is 19.8 Å². The van der Waals surface area contributed by atoms with Crippen LogP contribution in [-0.4, -0.2) is 19.8 Å². The summed E-state index contributed by atoms with van der Waals surface area (Å²) < 4.78 is 11.2. The monoisotopic (exact) mass is 257 g/mol. The molecule has 96 valence electrons. The predicted octanol–water partition coefficient (Wildman–Crippen LogP) is 2.55. The van der Waals surface area contributed by atoms with Crippen molar-refractivity contribution in [3.8, 4) is 11.5 Å². The standard InChI is InChI=1S/C13H19NO2.ClH/c1-3-15-12-7-10-5-6-14-9-11(10)8-13(12)16-4-2;/h7-8,14H,3-6,9H2,1-2H3;1H. The van der Waals surface area contributed by atoms with E-state index < -0.39 is 0 Å². The van der Waals surface area contributed by atoms with Gasteiger partial charge in [0.15, 0.2) is 11.5 Å². The van der Waals surface area contributed by atoms with Gasteiger partial charge in [-0.3, -0.25) is 0 Å². The first-order valence-electron chi connectivity index (χ1n) is 5.97. The molecule has 3 nitrogen and oxygen atoms in total. The fourth-order valence-electron chi connectivity index (χ4n) is 2.02. The first-order chi connectivity index (χ1) is 7.85. The molecule has 0 fully saturated rings. The lowest BCUT2D eigenvalue weighted by Crippen LogP contribution is -2.23. The molecule has 1 aliphatic rings. The number of benzene rings is 1. The van der Waals surface area contributed by atoms with E-state index in [1.165, 1.54) is 11.1 Å². The highest BCUT2D eigenvalue weighted by atomic mass is 35.5. The Bertz CT molecular complexity index is 334. The first-order valence-corrected chi connectivity index (χ1v) is 5.97. The van der Waals surface area contributed by atoms with Gasteiger partial charge in [0, 0.05) is 6.54 Å². The van der Waals surface area contributed by atoms with Gasteiger partial charge in [-0.15, -0.1) is 12.4 Å². The van der Waals surface area contributed by atoms with E-state index in [9.17, 15) is 0 Å². The molecule has 2 rings (SSSR count). The van der Waals surface area contributed by atoms with E-state index in [2.05, 4.69) is 17.4 Å². The van der Waals surface area contributed by atoms with Crippen molar-refractivity contribution in [2.24, 2.45) is 0 Å². The van der Waals surface area contributed by atoms with Crippen molar-refractivity contribution in [1.82, 2.24) is 5.32 Å². The van der Waals surface area contributed by atoms with Crippen LogP contribution in [0.1, 0.15) is 25.0 Å². The maximum atomic E-state index is 5.61. The van der Waals surface area contributed by atoms with Gasteiger partial charge < -0.3 is 14.8 Å². The van der Waals surface area contributed by atoms with Crippen LogP contribution in [0.2, 0.25) is 0 Å². The van der Waals surface area contributed by atoms with Crippen LogP contribution in [-0.2, 0) is 13.0 Å². The van der Waals surface area contributed by atoms with Crippen LogP contribution in [0, 0.1) is 0 Å². The maximum absolute atomic E-state index is 5.61. The second kappa shape index (κ2) is 6.72. The van der Waals surface area contributed by atoms with Crippen molar-refractivity contribution in [1.29, 1.82) is 0 Å². The minimum absolute atomic E-state index is 0. The molecule has 0 spiro atoms. The third kappa shape index (κ3) is 3.27. The molecule has 17 heavy (non-hydrogen) atoms. The van der Waals surface area contributed by atoms with E-state index in [1.54, 1.807) is 0 Å². The summed E-state index contributed by atoms with van der Waals surface area (Å²) in [6.45, 7) is 7.32. The van der Waals surface area contributed by atoms with E-state index in [-0.39, 0.29) is 12.4 Å². The Kier molecular flexibility index (Phi) is 5.59. The lowest BCUT2D eigenvalue weighted by Gasteiger charge is -2.20. The molecule has 1 heterocycles. The molecule has 0 amide bonds. The van der Waals surface area contributed by atoms with E-state index in [0.29, 0.717) is 13.2 Å². The van der Waals surface area contributed by atoms with E-state index in [4.69, 9.17) is 9.47 Å². The van der Waals surface area contributed by atoms with E-state index in [0.717, 1.165) is 31.0 Å². The molecule has 0 bridgehead atoms. The summed E-state index contributed by atoms with van der Waals surface area (Å²) in [4.78, 5) is 0. The van der Waals surface area contributed by atoms with Crippen LogP contribution in [0.5, 0.6) is 11.5 Å². The topological polar surface area (TPSA) is 30.5 Å². The average molecular weight is 258 g/mol. The van der Waals surface area contributed by atoms with Crippen LogP contribution < -0.4 is 14.8 Å². The smallest absolute Gasteiger partial charge is 0.161 e. The van der Waals surface area contributed by atoms with Gasteiger partial charge in [0.2, 0.25) is 0 Å². The van der Waals surface area contributed by atoms with Crippen molar-refractivity contribution in [3.63, 3.8) is 0 Å². The highest BCUT2D eigenvalue weighted by Gasteiger charge is 2.14. The molecule has 0 aromatic heterocycles. The fourth-order valence-corrected chi connectivity index (χ4v) is 2.02. The number of hydrogen-bond donors (Lipinski definition) is 1. The Labute approximate surface area is 109 Å². The molecule has 1 N–H and O–H groups in total. The third-order valence-electron chi connectivity index (χ3n) is 2.75. The van der Waals surface area contributed by atoms with Crippen LogP contribution >= 0.6 is 12.4 Å². The summed E-state index contributed by atoms with van der Waals surface area (Å²) in [6, 6.07) is 4.24. The fraction of sp³-hybridized carbons (Fsp3) is 0.538. The molecular formula is C13H20ClNO2. The van der Waals surface area contributed by atoms with Crippen molar-refractivity contribution in [2.45, 2.75) is 26.8 Å². The summed E-state index contributed by atoms with van der Waals surface area (Å²) >= 11 is 0. The zero-order valence-electron chi connectivity index (χ0n) is 10.4. The maximum Gasteiger partial charge on any atom is 0.161 e. The van der Waals surface area contributed by atoms with Gasteiger partial charge in [-0.2, -0.15) is 0 Å². The Morgan fingerprint density at radius 1 is 1.06 bits per heavy atom. The molecule has 0 aliphatic carbocycles. The lowest BCUT2D eigenvalue weighted by molar-refractivity contribution is 0.287. The zero-order valence-corrected chi connectivity index (χ0v) is 11.2. The van der Waals surface area contributed by atoms with Crippen molar-refractivity contribution in [3.05, 3.63) is 23.3 Å². The van der Waals surface area contributed by atoms with Gasteiger partial charge in [-0.25, -0.2) is 0 Å². The molecule has 1 aromatic rings. The molecule has 0 saturated heterocycles. The molecule has 4 heteroatoms. The molecule has 1 aliphatic heterocycles. The molecule has 0 atom stereocenters. The number of halogens is 1. The highest BCUT2D eigenvalue weighted by molar-refractivity contribution is 5.85. The summed E-state index contributed by atoms with van der Waals surface area (Å²) in [6.07, 6.45) is 1.07. The van der Waals surface area contributed by atoms with E-state index >= 15 is 0 Å². The van der Waals surface area contributed by atoms with Gasteiger partial charge in [0.05, 0.1) is 13.2 Å². The number of hydrogen-bond acceptors (Lipinski definition) is 3. The number of nitrogens with one attached hydrogen (secondary N) is 1. The number of rotatable bonds is 4. The second-order valence-electron chi connectivity index (χ2n) is 3.86. The minimum Gasteiger partial charge on any atom is -0.490 e. The van der Waals surface area contributed by atoms with Crippen LogP contribution in [0.15, 0.2) is 12.1 Å². The van der Waals surface area contributed by atoms with Gasteiger partial charge in [0.1, 0.15) is 0 Å².